The van der Waals surface area contributed by atoms with Gasteiger partial charge in [0.15, 0.2) is 5.92 Å². The second-order valence-electron chi connectivity index (χ2n) is 6.11. The molecule has 0 spiro atoms. The maximum atomic E-state index is 12.4. The normalized spacial score (nSPS) is 11.3. The zero-order valence-electron chi connectivity index (χ0n) is 15.2. The van der Waals surface area contributed by atoms with Crippen LogP contribution in [0.25, 0.3) is 0 Å². The van der Waals surface area contributed by atoms with Crippen LogP contribution in [0.2, 0.25) is 0 Å². The highest BCUT2D eigenvalue weighted by Crippen LogP contribution is 2.15. The average Bonchev–Trinajstić information content (AvgIpc) is 2.72. The first-order valence-electron chi connectivity index (χ1n) is 8.69. The second kappa shape index (κ2) is 10.8. The van der Waals surface area contributed by atoms with Gasteiger partial charge in [-0.3, -0.25) is 9.59 Å². The molecular formula is C21H23NO5. The highest BCUT2D eigenvalue weighted by Gasteiger charge is 2.30. The molecule has 0 aliphatic heterocycles. The van der Waals surface area contributed by atoms with Crippen LogP contribution in [-0.4, -0.2) is 22.9 Å². The summed E-state index contributed by atoms with van der Waals surface area (Å²) in [7, 11) is 0. The lowest BCUT2D eigenvalue weighted by Crippen LogP contribution is -2.28. The summed E-state index contributed by atoms with van der Waals surface area (Å²) in [5.74, 6) is -2.38. The quantitative estimate of drug-likeness (QED) is 0.239. The zero-order chi connectivity index (χ0) is 19.5. The van der Waals surface area contributed by atoms with Crippen LogP contribution in [0.15, 0.2) is 65.8 Å². The molecule has 6 nitrogen and oxygen atoms in total. The maximum absolute atomic E-state index is 12.4. The van der Waals surface area contributed by atoms with E-state index in [1.807, 2.05) is 60.7 Å². The third kappa shape index (κ3) is 6.93. The number of benzene rings is 2. The van der Waals surface area contributed by atoms with Gasteiger partial charge < -0.3 is 14.7 Å². The lowest BCUT2D eigenvalue weighted by molar-refractivity contribution is -0.164. The standard InChI is InChI=1S/C21H23NO5/c1-16(22-25)12-13-19(20(23)26-14-17-8-4-2-5-9-17)21(24)27-15-18-10-6-3-7-11-18/h2-11,19,25H,12-15H2,1H3/b22-16+. The van der Waals surface area contributed by atoms with E-state index in [9.17, 15) is 9.59 Å². The van der Waals surface area contributed by atoms with Crippen molar-refractivity contribution in [1.29, 1.82) is 0 Å². The van der Waals surface area contributed by atoms with E-state index >= 15 is 0 Å². The van der Waals surface area contributed by atoms with Crippen LogP contribution in [0.4, 0.5) is 0 Å². The number of hydrogen-bond acceptors (Lipinski definition) is 6. The summed E-state index contributed by atoms with van der Waals surface area (Å²) < 4.78 is 10.6. The molecule has 2 aromatic carbocycles. The first kappa shape index (κ1) is 20.2. The summed E-state index contributed by atoms with van der Waals surface area (Å²) in [6.07, 6.45) is 0.430. The molecule has 0 fully saturated rings. The molecule has 0 bridgehead atoms. The van der Waals surface area contributed by atoms with E-state index in [1.165, 1.54) is 0 Å². The fourth-order valence-corrected chi connectivity index (χ4v) is 2.39. The van der Waals surface area contributed by atoms with Gasteiger partial charge in [-0.05, 0) is 30.9 Å². The minimum atomic E-state index is -1.07. The molecule has 0 heterocycles. The van der Waals surface area contributed by atoms with Crippen molar-refractivity contribution in [2.75, 3.05) is 0 Å². The van der Waals surface area contributed by atoms with Gasteiger partial charge in [0.1, 0.15) is 13.2 Å². The number of hydrogen-bond donors (Lipinski definition) is 1. The maximum Gasteiger partial charge on any atom is 0.320 e. The van der Waals surface area contributed by atoms with Crippen LogP contribution in [0.5, 0.6) is 0 Å². The molecule has 2 aromatic rings. The number of esters is 2. The van der Waals surface area contributed by atoms with Crippen molar-refractivity contribution in [2.45, 2.75) is 33.0 Å². The molecule has 2 rings (SSSR count). The van der Waals surface area contributed by atoms with Crippen molar-refractivity contribution in [3.05, 3.63) is 71.8 Å². The van der Waals surface area contributed by atoms with Gasteiger partial charge in [-0.2, -0.15) is 0 Å². The fraction of sp³-hybridized carbons (Fsp3) is 0.286. The van der Waals surface area contributed by atoms with Gasteiger partial charge in [0.25, 0.3) is 0 Å². The average molecular weight is 369 g/mol. The van der Waals surface area contributed by atoms with Crippen LogP contribution < -0.4 is 0 Å². The monoisotopic (exact) mass is 369 g/mol. The molecular weight excluding hydrogens is 346 g/mol. The Hall–Kier alpha value is -3.15. The Bertz CT molecular complexity index is 703. The molecule has 1 N–H and O–H groups in total. The van der Waals surface area contributed by atoms with E-state index < -0.39 is 17.9 Å². The number of carbonyl (C=O) groups is 2. The zero-order valence-corrected chi connectivity index (χ0v) is 15.2. The van der Waals surface area contributed by atoms with Crippen molar-refractivity contribution in [1.82, 2.24) is 0 Å². The number of carbonyl (C=O) groups excluding carboxylic acids is 2. The molecule has 0 radical (unpaired) electrons. The van der Waals surface area contributed by atoms with Gasteiger partial charge in [-0.15, -0.1) is 0 Å². The van der Waals surface area contributed by atoms with Crippen molar-refractivity contribution in [3.63, 3.8) is 0 Å². The number of oxime groups is 1. The van der Waals surface area contributed by atoms with Crippen LogP contribution in [0.1, 0.15) is 30.9 Å². The Morgan fingerprint density at radius 1 is 0.889 bits per heavy atom. The predicted molar refractivity (Wildman–Crippen MR) is 100 cm³/mol. The van der Waals surface area contributed by atoms with Crippen LogP contribution >= 0.6 is 0 Å². The summed E-state index contributed by atoms with van der Waals surface area (Å²) in [5, 5.41) is 11.9. The molecule has 0 unspecified atom stereocenters. The van der Waals surface area contributed by atoms with Crippen molar-refractivity contribution in [2.24, 2.45) is 11.1 Å². The van der Waals surface area contributed by atoms with Crippen LogP contribution in [0, 0.1) is 5.92 Å². The van der Waals surface area contributed by atoms with Crippen LogP contribution in [-0.2, 0) is 32.3 Å². The Balaban J connectivity index is 1.97. The number of ether oxygens (including phenoxy) is 2. The molecule has 0 saturated carbocycles. The largest absolute Gasteiger partial charge is 0.460 e. The molecule has 0 amide bonds. The second-order valence-corrected chi connectivity index (χ2v) is 6.11. The van der Waals surface area contributed by atoms with Crippen molar-refractivity contribution >= 4 is 17.7 Å². The van der Waals surface area contributed by atoms with E-state index in [0.29, 0.717) is 5.71 Å². The van der Waals surface area contributed by atoms with E-state index in [0.717, 1.165) is 11.1 Å². The molecule has 0 aliphatic carbocycles. The van der Waals surface area contributed by atoms with Crippen LogP contribution in [0.3, 0.4) is 0 Å². The Labute approximate surface area is 158 Å². The van der Waals surface area contributed by atoms with E-state index in [2.05, 4.69) is 5.16 Å². The molecule has 0 atom stereocenters. The van der Waals surface area contributed by atoms with Gasteiger partial charge in [-0.25, -0.2) is 0 Å². The molecule has 0 saturated heterocycles. The van der Waals surface area contributed by atoms with Crippen molar-refractivity contribution in [3.8, 4) is 0 Å². The molecule has 0 aromatic heterocycles. The van der Waals surface area contributed by atoms with Gasteiger partial charge in [0.2, 0.25) is 0 Å². The first-order chi connectivity index (χ1) is 13.1. The molecule has 0 aliphatic rings. The summed E-state index contributed by atoms with van der Waals surface area (Å²) in [4.78, 5) is 24.9. The summed E-state index contributed by atoms with van der Waals surface area (Å²) in [6, 6.07) is 18.4. The van der Waals surface area contributed by atoms with Gasteiger partial charge in [0.05, 0.1) is 5.71 Å². The van der Waals surface area contributed by atoms with E-state index in [-0.39, 0.29) is 26.1 Å². The first-order valence-corrected chi connectivity index (χ1v) is 8.69. The highest BCUT2D eigenvalue weighted by atomic mass is 16.6. The third-order valence-electron chi connectivity index (χ3n) is 3.98. The third-order valence-corrected chi connectivity index (χ3v) is 3.98. The Morgan fingerprint density at radius 2 is 1.33 bits per heavy atom. The lowest BCUT2D eigenvalue weighted by Gasteiger charge is -2.15. The topological polar surface area (TPSA) is 85.2 Å². The summed E-state index contributed by atoms with van der Waals surface area (Å²) >= 11 is 0. The summed E-state index contributed by atoms with van der Waals surface area (Å²) in [6.45, 7) is 1.77. The minimum Gasteiger partial charge on any atom is -0.460 e. The predicted octanol–water partition coefficient (Wildman–Crippen LogP) is 3.72. The van der Waals surface area contributed by atoms with Crippen molar-refractivity contribution < 1.29 is 24.3 Å². The number of nitrogens with zero attached hydrogens (tertiary/aromatic N) is 1. The number of rotatable bonds is 9. The lowest BCUT2D eigenvalue weighted by atomic mass is 10.0. The van der Waals surface area contributed by atoms with Gasteiger partial charge in [-0.1, -0.05) is 65.8 Å². The van der Waals surface area contributed by atoms with Gasteiger partial charge >= 0.3 is 11.9 Å². The molecule has 6 heteroatoms. The molecule has 27 heavy (non-hydrogen) atoms. The van der Waals surface area contributed by atoms with E-state index in [4.69, 9.17) is 14.7 Å². The highest BCUT2D eigenvalue weighted by molar-refractivity contribution is 5.95. The SMILES string of the molecule is C/C(CCC(C(=O)OCc1ccccc1)C(=O)OCc1ccccc1)=N\O. The fourth-order valence-electron chi connectivity index (χ4n) is 2.39. The molecule has 142 valence electrons. The van der Waals surface area contributed by atoms with Gasteiger partial charge in [0, 0.05) is 0 Å². The van der Waals surface area contributed by atoms with E-state index in [1.54, 1.807) is 6.92 Å². The summed E-state index contributed by atoms with van der Waals surface area (Å²) in [5.41, 5.74) is 2.08. The Kier molecular flexibility index (Phi) is 8.03. The smallest absolute Gasteiger partial charge is 0.320 e. The Morgan fingerprint density at radius 3 is 1.74 bits per heavy atom. The minimum absolute atomic E-state index is 0.0786.